The van der Waals surface area contributed by atoms with Crippen molar-refractivity contribution in [2.24, 2.45) is 0 Å². The highest BCUT2D eigenvalue weighted by atomic mass is 16.5. The summed E-state index contributed by atoms with van der Waals surface area (Å²) in [4.78, 5) is 2.49. The van der Waals surface area contributed by atoms with Crippen molar-refractivity contribution in [1.29, 1.82) is 0 Å². The lowest BCUT2D eigenvalue weighted by molar-refractivity contribution is 0.109. The molecule has 100 valence electrons. The first kappa shape index (κ1) is 13.4. The van der Waals surface area contributed by atoms with Crippen LogP contribution in [0.5, 0.6) is 5.75 Å². The number of aliphatic hydroxyl groups is 1. The Hall–Kier alpha value is -1.06. The number of benzene rings is 1. The average molecular weight is 249 g/mol. The quantitative estimate of drug-likeness (QED) is 0.805. The zero-order chi connectivity index (χ0) is 12.8. The SMILES string of the molecule is COc1cccc(CN(CCCO)C2CCC2)c1. The van der Waals surface area contributed by atoms with Crippen LogP contribution in [-0.2, 0) is 6.54 Å². The standard InChI is InChI=1S/C15H23NO2/c1-18-15-8-2-5-13(11-15)12-16(9-4-10-17)14-6-3-7-14/h2,5,8,11,14,17H,3-4,6-7,9-10,12H2,1H3. The van der Waals surface area contributed by atoms with Crippen LogP contribution in [0, 0.1) is 0 Å². The Kier molecular flexibility index (Phi) is 5.02. The number of ether oxygens (including phenoxy) is 1. The van der Waals surface area contributed by atoms with Crippen molar-refractivity contribution in [2.75, 3.05) is 20.3 Å². The zero-order valence-corrected chi connectivity index (χ0v) is 11.1. The first-order valence-electron chi connectivity index (χ1n) is 6.81. The maximum atomic E-state index is 8.99. The minimum Gasteiger partial charge on any atom is -0.497 e. The predicted octanol–water partition coefficient (Wildman–Crippen LogP) is 2.43. The fraction of sp³-hybridized carbons (Fsp3) is 0.600. The van der Waals surface area contributed by atoms with E-state index in [1.54, 1.807) is 7.11 Å². The Morgan fingerprint density at radius 1 is 1.39 bits per heavy atom. The molecule has 1 fully saturated rings. The molecule has 1 aliphatic rings. The predicted molar refractivity (Wildman–Crippen MR) is 72.7 cm³/mol. The van der Waals surface area contributed by atoms with E-state index in [0.29, 0.717) is 6.04 Å². The van der Waals surface area contributed by atoms with Gasteiger partial charge in [0.1, 0.15) is 5.75 Å². The maximum Gasteiger partial charge on any atom is 0.119 e. The van der Waals surface area contributed by atoms with Crippen molar-refractivity contribution in [3.05, 3.63) is 29.8 Å². The van der Waals surface area contributed by atoms with Gasteiger partial charge in [-0.05, 0) is 37.0 Å². The summed E-state index contributed by atoms with van der Waals surface area (Å²) >= 11 is 0. The van der Waals surface area contributed by atoms with Gasteiger partial charge in [-0.25, -0.2) is 0 Å². The topological polar surface area (TPSA) is 32.7 Å². The normalized spacial score (nSPS) is 15.7. The lowest BCUT2D eigenvalue weighted by Crippen LogP contribution is -2.40. The van der Waals surface area contributed by atoms with Crippen molar-refractivity contribution in [3.63, 3.8) is 0 Å². The summed E-state index contributed by atoms with van der Waals surface area (Å²) in [6.07, 6.45) is 4.81. The van der Waals surface area contributed by atoms with E-state index in [1.165, 1.54) is 24.8 Å². The van der Waals surface area contributed by atoms with Crippen LogP contribution in [0.1, 0.15) is 31.2 Å². The molecule has 1 aromatic rings. The van der Waals surface area contributed by atoms with Crippen molar-refractivity contribution >= 4 is 0 Å². The van der Waals surface area contributed by atoms with Gasteiger partial charge in [0, 0.05) is 25.7 Å². The molecule has 1 aromatic carbocycles. The molecule has 0 bridgehead atoms. The van der Waals surface area contributed by atoms with Crippen LogP contribution in [0.2, 0.25) is 0 Å². The molecule has 0 saturated heterocycles. The van der Waals surface area contributed by atoms with E-state index in [-0.39, 0.29) is 6.61 Å². The summed E-state index contributed by atoms with van der Waals surface area (Å²) < 4.78 is 5.26. The molecule has 2 rings (SSSR count). The number of hydrogen-bond acceptors (Lipinski definition) is 3. The second kappa shape index (κ2) is 6.76. The lowest BCUT2D eigenvalue weighted by Gasteiger charge is -2.37. The summed E-state index contributed by atoms with van der Waals surface area (Å²) in [5.74, 6) is 0.920. The Balaban J connectivity index is 1.97. The van der Waals surface area contributed by atoms with Gasteiger partial charge in [0.2, 0.25) is 0 Å². The summed E-state index contributed by atoms with van der Waals surface area (Å²) in [6, 6.07) is 8.98. The molecule has 18 heavy (non-hydrogen) atoms. The van der Waals surface area contributed by atoms with Crippen molar-refractivity contribution in [3.8, 4) is 5.75 Å². The smallest absolute Gasteiger partial charge is 0.119 e. The average Bonchev–Trinajstić information content (AvgIpc) is 2.34. The van der Waals surface area contributed by atoms with Crippen LogP contribution >= 0.6 is 0 Å². The Labute approximate surface area is 109 Å². The summed E-state index contributed by atoms with van der Waals surface area (Å²) in [7, 11) is 1.70. The zero-order valence-electron chi connectivity index (χ0n) is 11.1. The number of rotatable bonds is 7. The lowest BCUT2D eigenvalue weighted by atomic mass is 9.91. The fourth-order valence-electron chi connectivity index (χ4n) is 2.42. The fourth-order valence-corrected chi connectivity index (χ4v) is 2.42. The van der Waals surface area contributed by atoms with Crippen molar-refractivity contribution < 1.29 is 9.84 Å². The highest BCUT2D eigenvalue weighted by Crippen LogP contribution is 2.27. The van der Waals surface area contributed by atoms with E-state index >= 15 is 0 Å². The molecule has 3 nitrogen and oxygen atoms in total. The van der Waals surface area contributed by atoms with Gasteiger partial charge in [-0.15, -0.1) is 0 Å². The van der Waals surface area contributed by atoms with Crippen molar-refractivity contribution in [1.82, 2.24) is 4.90 Å². The minimum atomic E-state index is 0.279. The monoisotopic (exact) mass is 249 g/mol. The van der Waals surface area contributed by atoms with Gasteiger partial charge in [-0.2, -0.15) is 0 Å². The van der Waals surface area contributed by atoms with Crippen LogP contribution in [0.25, 0.3) is 0 Å². The highest BCUT2D eigenvalue weighted by Gasteiger charge is 2.24. The van der Waals surface area contributed by atoms with Gasteiger partial charge in [0.15, 0.2) is 0 Å². The van der Waals surface area contributed by atoms with Crippen LogP contribution in [-0.4, -0.2) is 36.3 Å². The van der Waals surface area contributed by atoms with E-state index in [0.717, 1.165) is 25.3 Å². The van der Waals surface area contributed by atoms with E-state index in [1.807, 2.05) is 12.1 Å². The molecule has 0 atom stereocenters. The minimum absolute atomic E-state index is 0.279. The molecule has 0 spiro atoms. The van der Waals surface area contributed by atoms with Gasteiger partial charge in [0.25, 0.3) is 0 Å². The maximum absolute atomic E-state index is 8.99. The molecule has 0 aromatic heterocycles. The highest BCUT2D eigenvalue weighted by molar-refractivity contribution is 5.28. The summed E-state index contributed by atoms with van der Waals surface area (Å²) in [5.41, 5.74) is 1.29. The van der Waals surface area contributed by atoms with E-state index in [2.05, 4.69) is 17.0 Å². The van der Waals surface area contributed by atoms with Crippen LogP contribution < -0.4 is 4.74 Å². The number of hydrogen-bond donors (Lipinski definition) is 1. The van der Waals surface area contributed by atoms with Crippen LogP contribution in [0.4, 0.5) is 0 Å². The van der Waals surface area contributed by atoms with Crippen LogP contribution in [0.3, 0.4) is 0 Å². The van der Waals surface area contributed by atoms with E-state index < -0.39 is 0 Å². The number of nitrogens with zero attached hydrogens (tertiary/aromatic N) is 1. The first-order chi connectivity index (χ1) is 8.83. The Morgan fingerprint density at radius 2 is 2.22 bits per heavy atom. The number of methoxy groups -OCH3 is 1. The third-order valence-corrected chi connectivity index (χ3v) is 3.71. The molecule has 1 aliphatic carbocycles. The largest absolute Gasteiger partial charge is 0.497 e. The summed E-state index contributed by atoms with van der Waals surface area (Å²) in [5, 5.41) is 8.99. The van der Waals surface area contributed by atoms with E-state index in [9.17, 15) is 0 Å². The second-order valence-electron chi connectivity index (χ2n) is 4.98. The molecule has 0 unspecified atom stereocenters. The molecule has 3 heteroatoms. The number of aliphatic hydroxyl groups excluding tert-OH is 1. The van der Waals surface area contributed by atoms with Gasteiger partial charge in [0.05, 0.1) is 7.11 Å². The molecule has 0 amide bonds. The Morgan fingerprint density at radius 3 is 2.83 bits per heavy atom. The van der Waals surface area contributed by atoms with Crippen molar-refractivity contribution in [2.45, 2.75) is 38.3 Å². The third-order valence-electron chi connectivity index (χ3n) is 3.71. The first-order valence-corrected chi connectivity index (χ1v) is 6.81. The van der Waals surface area contributed by atoms with Gasteiger partial charge in [-0.1, -0.05) is 18.6 Å². The Bertz CT molecular complexity index is 363. The molecule has 0 radical (unpaired) electrons. The van der Waals surface area contributed by atoms with Gasteiger partial charge >= 0.3 is 0 Å². The van der Waals surface area contributed by atoms with Gasteiger partial charge < -0.3 is 9.84 Å². The molecule has 1 N–H and O–H groups in total. The van der Waals surface area contributed by atoms with Gasteiger partial charge in [-0.3, -0.25) is 4.90 Å². The second-order valence-corrected chi connectivity index (χ2v) is 4.98. The molecular formula is C15H23NO2. The molecule has 0 aliphatic heterocycles. The molecular weight excluding hydrogens is 226 g/mol. The molecule has 0 heterocycles. The third kappa shape index (κ3) is 3.47. The summed E-state index contributed by atoms with van der Waals surface area (Å²) in [6.45, 7) is 2.22. The van der Waals surface area contributed by atoms with E-state index in [4.69, 9.17) is 9.84 Å². The molecule has 1 saturated carbocycles. The van der Waals surface area contributed by atoms with Crippen LogP contribution in [0.15, 0.2) is 24.3 Å².